The number of carbonyl (C=O) groups is 1. The molecule has 1 aliphatic heterocycles. The highest BCUT2D eigenvalue weighted by Gasteiger charge is 2.36. The van der Waals surface area contributed by atoms with Gasteiger partial charge in [-0.2, -0.15) is 5.10 Å². The zero-order chi connectivity index (χ0) is 22.5. The van der Waals surface area contributed by atoms with E-state index in [1.54, 1.807) is 41.0 Å². The van der Waals surface area contributed by atoms with Gasteiger partial charge in [-0.1, -0.05) is 0 Å². The van der Waals surface area contributed by atoms with E-state index in [1.165, 1.54) is 10.6 Å². The van der Waals surface area contributed by atoms with Crippen LogP contribution in [0.5, 0.6) is 0 Å². The van der Waals surface area contributed by atoms with Crippen LogP contribution in [0.15, 0.2) is 35.4 Å². The van der Waals surface area contributed by atoms with Crippen molar-refractivity contribution in [1.82, 2.24) is 24.2 Å². The van der Waals surface area contributed by atoms with Gasteiger partial charge in [-0.25, -0.2) is 18.7 Å². The number of halogens is 1. The molecular formula is C22H26FN5O3. The molecule has 4 rings (SSSR count). The molecule has 0 saturated carbocycles. The highest BCUT2D eigenvalue weighted by molar-refractivity contribution is 5.70. The van der Waals surface area contributed by atoms with Crippen molar-refractivity contribution in [3.8, 4) is 11.5 Å². The molecule has 3 heterocycles. The maximum absolute atomic E-state index is 13.9. The molecule has 164 valence electrons. The molecule has 0 spiro atoms. The standard InChI is InChI=1S/C22H26FN5O3/c1-13-12-15(6-7-16(13)23)28-19(27-11-9-24-20(27)29)18-14(2)26(10-8-17(18)25-28)21(30)31-22(3,4)5/h6-7,9,11-12,14H,8,10H2,1-5H3,(H,24,29)/t14-/m0/s1. The van der Waals surface area contributed by atoms with Crippen LogP contribution in [0.4, 0.5) is 9.18 Å². The van der Waals surface area contributed by atoms with Crippen LogP contribution in [0.3, 0.4) is 0 Å². The minimum absolute atomic E-state index is 0.314. The third kappa shape index (κ3) is 3.75. The summed E-state index contributed by atoms with van der Waals surface area (Å²) in [7, 11) is 0. The lowest BCUT2D eigenvalue weighted by Crippen LogP contribution is -2.42. The molecule has 1 amide bonds. The van der Waals surface area contributed by atoms with E-state index >= 15 is 0 Å². The van der Waals surface area contributed by atoms with Crippen LogP contribution in [0.2, 0.25) is 0 Å². The second-order valence-electron chi connectivity index (χ2n) is 8.76. The Morgan fingerprint density at radius 3 is 2.68 bits per heavy atom. The molecule has 0 saturated heterocycles. The van der Waals surface area contributed by atoms with Crippen LogP contribution < -0.4 is 5.69 Å². The molecule has 1 N–H and O–H groups in total. The van der Waals surface area contributed by atoms with Crippen LogP contribution in [0.1, 0.15) is 50.6 Å². The molecule has 1 atom stereocenters. The molecule has 2 aromatic heterocycles. The van der Waals surface area contributed by atoms with Gasteiger partial charge in [-0.15, -0.1) is 0 Å². The first-order chi connectivity index (χ1) is 14.6. The maximum atomic E-state index is 13.9. The van der Waals surface area contributed by atoms with Crippen molar-refractivity contribution < 1.29 is 13.9 Å². The number of carbonyl (C=O) groups excluding carboxylic acids is 1. The topological polar surface area (TPSA) is 85.2 Å². The Morgan fingerprint density at radius 1 is 1.32 bits per heavy atom. The third-order valence-electron chi connectivity index (χ3n) is 5.34. The van der Waals surface area contributed by atoms with E-state index in [1.807, 2.05) is 27.7 Å². The van der Waals surface area contributed by atoms with Crippen molar-refractivity contribution in [3.63, 3.8) is 0 Å². The third-order valence-corrected chi connectivity index (χ3v) is 5.34. The normalized spacial score (nSPS) is 16.3. The molecule has 8 nitrogen and oxygen atoms in total. The van der Waals surface area contributed by atoms with E-state index in [-0.39, 0.29) is 17.5 Å². The summed E-state index contributed by atoms with van der Waals surface area (Å²) in [6, 6.07) is 4.32. The predicted molar refractivity (Wildman–Crippen MR) is 113 cm³/mol. The van der Waals surface area contributed by atoms with Gasteiger partial charge in [0, 0.05) is 30.9 Å². The minimum atomic E-state index is -0.618. The number of nitrogens with one attached hydrogen (secondary N) is 1. The number of imidazole rings is 1. The Bertz CT molecular complexity index is 1200. The van der Waals surface area contributed by atoms with E-state index < -0.39 is 11.7 Å². The average Bonchev–Trinajstić information content (AvgIpc) is 3.26. The van der Waals surface area contributed by atoms with Gasteiger partial charge >= 0.3 is 11.8 Å². The van der Waals surface area contributed by atoms with E-state index in [9.17, 15) is 14.0 Å². The van der Waals surface area contributed by atoms with Gasteiger partial charge in [0.1, 0.15) is 17.2 Å². The second-order valence-corrected chi connectivity index (χ2v) is 8.76. The number of aromatic nitrogens is 4. The number of fused-ring (bicyclic) bond motifs is 1. The molecule has 31 heavy (non-hydrogen) atoms. The van der Waals surface area contributed by atoms with Crippen molar-refractivity contribution in [1.29, 1.82) is 0 Å². The van der Waals surface area contributed by atoms with Crippen molar-refractivity contribution >= 4 is 6.09 Å². The minimum Gasteiger partial charge on any atom is -0.444 e. The zero-order valence-electron chi connectivity index (χ0n) is 18.3. The number of nitrogens with zero attached hydrogens (tertiary/aromatic N) is 4. The van der Waals surface area contributed by atoms with Gasteiger partial charge in [0.15, 0.2) is 0 Å². The Labute approximate surface area is 179 Å². The molecule has 1 aliphatic rings. The lowest BCUT2D eigenvalue weighted by atomic mass is 10.00. The Balaban J connectivity index is 1.87. The van der Waals surface area contributed by atoms with E-state index in [2.05, 4.69) is 4.98 Å². The summed E-state index contributed by atoms with van der Waals surface area (Å²) in [6.07, 6.45) is 3.26. The van der Waals surface area contributed by atoms with Crippen molar-refractivity contribution in [3.05, 3.63) is 63.7 Å². The fourth-order valence-electron chi connectivity index (χ4n) is 3.88. The SMILES string of the molecule is Cc1cc(-n2nc3c(c2-n2cc[nH]c2=O)[C@H](C)N(C(=O)OC(C)(C)C)CC3)ccc1F. The Morgan fingerprint density at radius 2 is 2.06 bits per heavy atom. The molecule has 3 aromatic rings. The molecule has 9 heteroatoms. The first kappa shape index (κ1) is 20.9. The van der Waals surface area contributed by atoms with E-state index in [0.717, 1.165) is 11.3 Å². The quantitative estimate of drug-likeness (QED) is 0.677. The largest absolute Gasteiger partial charge is 0.444 e. The molecule has 0 unspecified atom stereocenters. The maximum Gasteiger partial charge on any atom is 0.410 e. The monoisotopic (exact) mass is 427 g/mol. The van der Waals surface area contributed by atoms with E-state index in [4.69, 9.17) is 9.84 Å². The lowest BCUT2D eigenvalue weighted by molar-refractivity contribution is 0.0159. The Hall–Kier alpha value is -3.36. The second kappa shape index (κ2) is 7.40. The lowest BCUT2D eigenvalue weighted by Gasteiger charge is -2.34. The molecule has 0 aliphatic carbocycles. The summed E-state index contributed by atoms with van der Waals surface area (Å²) < 4.78 is 22.5. The number of H-pyrrole nitrogens is 1. The summed E-state index contributed by atoms with van der Waals surface area (Å²) in [5, 5.41) is 4.75. The molecule has 0 fully saturated rings. The van der Waals surface area contributed by atoms with Crippen LogP contribution in [0, 0.1) is 12.7 Å². The summed E-state index contributed by atoms with van der Waals surface area (Å²) in [6.45, 7) is 9.49. The van der Waals surface area contributed by atoms with Crippen molar-refractivity contribution in [2.75, 3.05) is 6.54 Å². The molecule has 0 radical (unpaired) electrons. The number of benzene rings is 1. The number of aromatic amines is 1. The van der Waals surface area contributed by atoms with Crippen LogP contribution >= 0.6 is 0 Å². The fraction of sp³-hybridized carbons (Fsp3) is 0.409. The number of ether oxygens (including phenoxy) is 1. The zero-order valence-corrected chi connectivity index (χ0v) is 18.3. The highest BCUT2D eigenvalue weighted by Crippen LogP contribution is 2.36. The number of aryl methyl sites for hydroxylation is 1. The van der Waals surface area contributed by atoms with E-state index in [0.29, 0.717) is 30.0 Å². The number of amides is 1. The van der Waals surface area contributed by atoms with Crippen LogP contribution in [-0.2, 0) is 11.2 Å². The molecule has 1 aromatic carbocycles. The highest BCUT2D eigenvalue weighted by atomic mass is 19.1. The van der Waals surface area contributed by atoms with Gasteiger partial charge in [-0.05, 0) is 58.4 Å². The van der Waals surface area contributed by atoms with Crippen molar-refractivity contribution in [2.45, 2.75) is 52.7 Å². The summed E-state index contributed by atoms with van der Waals surface area (Å²) in [5.74, 6) is 0.207. The van der Waals surface area contributed by atoms with Gasteiger partial charge in [-0.3, -0.25) is 4.57 Å². The number of rotatable bonds is 2. The first-order valence-corrected chi connectivity index (χ1v) is 10.2. The Kier molecular flexibility index (Phi) is 4.99. The smallest absolute Gasteiger partial charge is 0.410 e. The van der Waals surface area contributed by atoms with Crippen molar-refractivity contribution in [2.24, 2.45) is 0 Å². The van der Waals surface area contributed by atoms with Crippen LogP contribution in [0.25, 0.3) is 11.5 Å². The molecular weight excluding hydrogens is 401 g/mol. The fourth-order valence-corrected chi connectivity index (χ4v) is 3.88. The van der Waals surface area contributed by atoms with Gasteiger partial charge in [0.25, 0.3) is 0 Å². The average molecular weight is 427 g/mol. The summed E-state index contributed by atoms with van der Waals surface area (Å²) in [5.41, 5.74) is 1.71. The first-order valence-electron chi connectivity index (χ1n) is 10.2. The number of hydrogen-bond acceptors (Lipinski definition) is 4. The number of hydrogen-bond donors (Lipinski definition) is 1. The summed E-state index contributed by atoms with van der Waals surface area (Å²) in [4.78, 5) is 29.6. The van der Waals surface area contributed by atoms with Gasteiger partial charge in [0.05, 0.1) is 17.4 Å². The van der Waals surface area contributed by atoms with Gasteiger partial charge < -0.3 is 14.6 Å². The molecule has 0 bridgehead atoms. The van der Waals surface area contributed by atoms with Gasteiger partial charge in [0.2, 0.25) is 0 Å². The predicted octanol–water partition coefficient (Wildman–Crippen LogP) is 3.65. The summed E-state index contributed by atoms with van der Waals surface area (Å²) >= 11 is 0. The van der Waals surface area contributed by atoms with Crippen LogP contribution in [-0.4, -0.2) is 42.5 Å².